The summed E-state index contributed by atoms with van der Waals surface area (Å²) in [6.07, 6.45) is 1.95. The Labute approximate surface area is 204 Å². The zero-order chi connectivity index (χ0) is 25.0. The van der Waals surface area contributed by atoms with Crippen molar-refractivity contribution < 1.29 is 19.4 Å². The standard InChI is InChI=1S/C25H35N3O5S/c1-15(2)8-21(28-12-17(4)16(3)9-22(28)29)25(32)26-20(11-24(30)31)19-10-23(34-14-19)27-6-7-33-13-18(27)5/h9-10,12,14-15,18,20-21H,6-8,11,13H2,1-5H3,(H,26,32)(H,30,31)/t18?,20-,21-/m0/s1. The zero-order valence-electron chi connectivity index (χ0n) is 20.5. The predicted octanol–water partition coefficient (Wildman–Crippen LogP) is 3.67. The molecular weight excluding hydrogens is 454 g/mol. The molecule has 3 heterocycles. The highest BCUT2D eigenvalue weighted by Gasteiger charge is 2.28. The fourth-order valence-electron chi connectivity index (χ4n) is 4.21. The van der Waals surface area contributed by atoms with Gasteiger partial charge in [-0.2, -0.15) is 0 Å². The van der Waals surface area contributed by atoms with E-state index in [0.29, 0.717) is 19.6 Å². The third-order valence-corrected chi connectivity index (χ3v) is 7.22. The fourth-order valence-corrected chi connectivity index (χ4v) is 5.31. The molecule has 0 radical (unpaired) electrons. The van der Waals surface area contributed by atoms with E-state index in [1.807, 2.05) is 39.1 Å². The number of nitrogens with zero attached hydrogens (tertiary/aromatic N) is 2. The molecule has 186 valence electrons. The number of amides is 1. The number of ether oxygens (including phenoxy) is 1. The Kier molecular flexibility index (Phi) is 8.54. The summed E-state index contributed by atoms with van der Waals surface area (Å²) in [7, 11) is 0. The number of hydrogen-bond acceptors (Lipinski definition) is 6. The molecule has 0 saturated carbocycles. The second-order valence-electron chi connectivity index (χ2n) is 9.52. The predicted molar refractivity (Wildman–Crippen MR) is 134 cm³/mol. The monoisotopic (exact) mass is 489 g/mol. The van der Waals surface area contributed by atoms with Crippen LogP contribution in [0.5, 0.6) is 0 Å². The number of carboxylic acids is 1. The maximum atomic E-state index is 13.5. The molecule has 0 spiro atoms. The molecule has 1 aliphatic rings. The largest absolute Gasteiger partial charge is 0.481 e. The number of thiophene rings is 1. The van der Waals surface area contributed by atoms with Crippen LogP contribution < -0.4 is 15.8 Å². The molecule has 1 fully saturated rings. The van der Waals surface area contributed by atoms with E-state index in [1.165, 1.54) is 15.9 Å². The maximum absolute atomic E-state index is 13.5. The van der Waals surface area contributed by atoms with Gasteiger partial charge in [0.1, 0.15) is 6.04 Å². The summed E-state index contributed by atoms with van der Waals surface area (Å²) in [6.45, 7) is 11.9. The van der Waals surface area contributed by atoms with Gasteiger partial charge in [-0.15, -0.1) is 11.3 Å². The molecule has 3 rings (SSSR count). The van der Waals surface area contributed by atoms with Crippen molar-refractivity contribution in [2.45, 2.75) is 65.6 Å². The number of pyridine rings is 1. The van der Waals surface area contributed by atoms with Crippen molar-refractivity contribution in [1.82, 2.24) is 9.88 Å². The lowest BCUT2D eigenvalue weighted by Crippen LogP contribution is -2.43. The second kappa shape index (κ2) is 11.2. The van der Waals surface area contributed by atoms with Gasteiger partial charge in [-0.3, -0.25) is 14.4 Å². The van der Waals surface area contributed by atoms with E-state index in [4.69, 9.17) is 4.74 Å². The average Bonchev–Trinajstić information content (AvgIpc) is 3.24. The highest BCUT2D eigenvalue weighted by atomic mass is 32.1. The smallest absolute Gasteiger partial charge is 0.305 e. The van der Waals surface area contributed by atoms with Crippen LogP contribution in [0.4, 0.5) is 5.00 Å². The van der Waals surface area contributed by atoms with Crippen LogP contribution >= 0.6 is 11.3 Å². The molecule has 9 heteroatoms. The lowest BCUT2D eigenvalue weighted by molar-refractivity contribution is -0.138. The van der Waals surface area contributed by atoms with E-state index >= 15 is 0 Å². The summed E-state index contributed by atoms with van der Waals surface area (Å²) < 4.78 is 6.99. The molecule has 3 atom stereocenters. The van der Waals surface area contributed by atoms with Gasteiger partial charge in [-0.25, -0.2) is 0 Å². The van der Waals surface area contributed by atoms with Crippen LogP contribution in [0.3, 0.4) is 0 Å². The molecule has 1 amide bonds. The van der Waals surface area contributed by atoms with E-state index in [9.17, 15) is 19.5 Å². The van der Waals surface area contributed by atoms with E-state index in [2.05, 4.69) is 17.1 Å². The third-order valence-electron chi connectivity index (χ3n) is 6.24. The van der Waals surface area contributed by atoms with Crippen molar-refractivity contribution in [3.8, 4) is 0 Å². The molecule has 34 heavy (non-hydrogen) atoms. The summed E-state index contributed by atoms with van der Waals surface area (Å²) >= 11 is 1.53. The Balaban J connectivity index is 1.88. The number of nitrogens with one attached hydrogen (secondary N) is 1. The van der Waals surface area contributed by atoms with E-state index in [1.54, 1.807) is 12.3 Å². The van der Waals surface area contributed by atoms with Crippen molar-refractivity contribution in [2.24, 2.45) is 5.92 Å². The fraction of sp³-hybridized carbons (Fsp3) is 0.560. The Morgan fingerprint density at radius 2 is 2.00 bits per heavy atom. The molecular formula is C25H35N3O5S. The molecule has 2 aromatic heterocycles. The first-order valence-corrected chi connectivity index (χ1v) is 12.6. The molecule has 0 bridgehead atoms. The van der Waals surface area contributed by atoms with Gasteiger partial charge in [0.15, 0.2) is 0 Å². The molecule has 1 saturated heterocycles. The Morgan fingerprint density at radius 1 is 1.26 bits per heavy atom. The van der Waals surface area contributed by atoms with E-state index < -0.39 is 18.1 Å². The lowest BCUT2D eigenvalue weighted by atomic mass is 10.0. The molecule has 2 N–H and O–H groups in total. The topological polar surface area (TPSA) is 101 Å². The van der Waals surface area contributed by atoms with Crippen molar-refractivity contribution in [1.29, 1.82) is 0 Å². The zero-order valence-corrected chi connectivity index (χ0v) is 21.4. The van der Waals surface area contributed by atoms with Crippen LogP contribution in [0.2, 0.25) is 0 Å². The van der Waals surface area contributed by atoms with Gasteiger partial charge in [0.2, 0.25) is 5.91 Å². The number of aryl methyl sites for hydroxylation is 2. The SMILES string of the molecule is Cc1cc(=O)n([C@@H](CC(C)C)C(=O)N[C@@H](CC(=O)O)c2csc(N3CCOCC3C)c2)cc1C. The summed E-state index contributed by atoms with van der Waals surface area (Å²) in [6, 6.07) is 2.31. The van der Waals surface area contributed by atoms with Crippen LogP contribution in [-0.2, 0) is 14.3 Å². The number of carbonyl (C=O) groups is 2. The Bertz CT molecular complexity index is 1080. The van der Waals surface area contributed by atoms with Gasteiger partial charge in [-0.05, 0) is 61.2 Å². The summed E-state index contributed by atoms with van der Waals surface area (Å²) in [5.41, 5.74) is 2.31. The lowest BCUT2D eigenvalue weighted by Gasteiger charge is -2.34. The molecule has 2 aromatic rings. The minimum absolute atomic E-state index is 0.165. The number of anilines is 1. The van der Waals surface area contributed by atoms with Gasteiger partial charge in [0.25, 0.3) is 5.56 Å². The van der Waals surface area contributed by atoms with Crippen LogP contribution in [0.15, 0.2) is 28.5 Å². The first-order chi connectivity index (χ1) is 16.1. The summed E-state index contributed by atoms with van der Waals surface area (Å²) in [5.74, 6) is -1.18. The quantitative estimate of drug-likeness (QED) is 0.557. The first-order valence-electron chi connectivity index (χ1n) is 11.7. The Hall–Kier alpha value is -2.65. The van der Waals surface area contributed by atoms with E-state index in [-0.39, 0.29) is 29.8 Å². The molecule has 1 unspecified atom stereocenters. The third kappa shape index (κ3) is 6.27. The van der Waals surface area contributed by atoms with Crippen LogP contribution in [-0.4, -0.2) is 47.4 Å². The minimum Gasteiger partial charge on any atom is -0.481 e. The number of aromatic nitrogens is 1. The highest BCUT2D eigenvalue weighted by Crippen LogP contribution is 2.32. The minimum atomic E-state index is -0.999. The van der Waals surface area contributed by atoms with Crippen molar-refractivity contribution in [3.63, 3.8) is 0 Å². The molecule has 0 aromatic carbocycles. The molecule has 1 aliphatic heterocycles. The first kappa shape index (κ1) is 26.0. The molecule has 0 aliphatic carbocycles. The molecule has 8 nitrogen and oxygen atoms in total. The second-order valence-corrected chi connectivity index (χ2v) is 10.4. The number of carbonyl (C=O) groups excluding carboxylic acids is 1. The average molecular weight is 490 g/mol. The Morgan fingerprint density at radius 3 is 2.65 bits per heavy atom. The van der Waals surface area contributed by atoms with Crippen LogP contribution in [0.1, 0.15) is 62.4 Å². The number of rotatable bonds is 9. The van der Waals surface area contributed by atoms with Crippen molar-refractivity contribution >= 4 is 28.2 Å². The highest BCUT2D eigenvalue weighted by molar-refractivity contribution is 7.14. The van der Waals surface area contributed by atoms with Crippen molar-refractivity contribution in [3.05, 3.63) is 50.8 Å². The van der Waals surface area contributed by atoms with Gasteiger partial charge < -0.3 is 24.6 Å². The van der Waals surface area contributed by atoms with E-state index in [0.717, 1.165) is 28.2 Å². The van der Waals surface area contributed by atoms with Gasteiger partial charge >= 0.3 is 5.97 Å². The number of aliphatic carboxylic acids is 1. The maximum Gasteiger partial charge on any atom is 0.305 e. The van der Waals surface area contributed by atoms with Crippen LogP contribution in [0, 0.1) is 19.8 Å². The number of carboxylic acid groups (broad SMARTS) is 1. The normalized spacial score (nSPS) is 18.1. The van der Waals surface area contributed by atoms with Gasteiger partial charge in [0.05, 0.1) is 36.7 Å². The van der Waals surface area contributed by atoms with Crippen molar-refractivity contribution in [2.75, 3.05) is 24.7 Å². The summed E-state index contributed by atoms with van der Waals surface area (Å²) in [5, 5.41) is 15.4. The summed E-state index contributed by atoms with van der Waals surface area (Å²) in [4.78, 5) is 40.1. The number of morpholine rings is 1. The number of hydrogen-bond donors (Lipinski definition) is 2. The van der Waals surface area contributed by atoms with Gasteiger partial charge in [0, 0.05) is 18.8 Å². The van der Waals surface area contributed by atoms with Gasteiger partial charge in [-0.1, -0.05) is 13.8 Å². The van der Waals surface area contributed by atoms with Crippen LogP contribution in [0.25, 0.3) is 0 Å².